The molecule has 1 heterocycles. The van der Waals surface area contributed by atoms with E-state index in [1.165, 1.54) is 17.0 Å². The number of nitrogens with one attached hydrogen (secondary N) is 1. The molecular formula is C21H24FN3O2. The standard InChI is InChI=1S/C21H24FN3O2/c1-3-24(4-2)18-10-8-17(9-11-18)23-21(27)15-12-20(26)25(14-15)19-7-5-6-16(22)13-19/h5-11,13,15H,3-4,12,14H2,1-2H3,(H,23,27). The average molecular weight is 369 g/mol. The summed E-state index contributed by atoms with van der Waals surface area (Å²) in [5.74, 6) is -1.22. The predicted molar refractivity (Wildman–Crippen MR) is 105 cm³/mol. The van der Waals surface area contributed by atoms with Crippen LogP contribution in [0.4, 0.5) is 21.5 Å². The first-order valence-corrected chi connectivity index (χ1v) is 9.23. The van der Waals surface area contributed by atoms with E-state index in [-0.39, 0.29) is 24.8 Å². The molecule has 1 fully saturated rings. The number of nitrogens with zero attached hydrogens (tertiary/aromatic N) is 2. The molecule has 1 saturated heterocycles. The van der Waals surface area contributed by atoms with Crippen LogP contribution in [0.25, 0.3) is 0 Å². The summed E-state index contributed by atoms with van der Waals surface area (Å²) in [6.07, 6.45) is 0.125. The molecule has 1 atom stereocenters. The molecule has 0 spiro atoms. The predicted octanol–water partition coefficient (Wildman–Crippen LogP) is 3.66. The second-order valence-electron chi connectivity index (χ2n) is 6.59. The molecule has 0 aromatic heterocycles. The molecule has 0 aliphatic carbocycles. The molecule has 3 rings (SSSR count). The van der Waals surface area contributed by atoms with E-state index < -0.39 is 11.7 Å². The van der Waals surface area contributed by atoms with Gasteiger partial charge in [0.25, 0.3) is 0 Å². The number of carbonyl (C=O) groups is 2. The van der Waals surface area contributed by atoms with Gasteiger partial charge in [-0.1, -0.05) is 6.07 Å². The Kier molecular flexibility index (Phi) is 5.74. The Labute approximate surface area is 158 Å². The number of hydrogen-bond donors (Lipinski definition) is 1. The maximum absolute atomic E-state index is 13.4. The lowest BCUT2D eigenvalue weighted by Gasteiger charge is -2.21. The zero-order valence-electron chi connectivity index (χ0n) is 15.6. The van der Waals surface area contributed by atoms with Crippen molar-refractivity contribution in [2.75, 3.05) is 34.8 Å². The van der Waals surface area contributed by atoms with E-state index in [1.54, 1.807) is 12.1 Å². The first-order chi connectivity index (χ1) is 13.0. The van der Waals surface area contributed by atoms with Crippen molar-refractivity contribution in [1.82, 2.24) is 0 Å². The fourth-order valence-corrected chi connectivity index (χ4v) is 3.37. The van der Waals surface area contributed by atoms with Gasteiger partial charge in [-0.25, -0.2) is 4.39 Å². The van der Waals surface area contributed by atoms with Crippen LogP contribution in [-0.4, -0.2) is 31.4 Å². The highest BCUT2D eigenvalue weighted by Gasteiger charge is 2.35. The van der Waals surface area contributed by atoms with Crippen molar-refractivity contribution in [2.45, 2.75) is 20.3 Å². The third-order valence-corrected chi connectivity index (χ3v) is 4.88. The van der Waals surface area contributed by atoms with Gasteiger partial charge in [-0.2, -0.15) is 0 Å². The molecule has 2 amide bonds. The van der Waals surface area contributed by atoms with Crippen molar-refractivity contribution < 1.29 is 14.0 Å². The van der Waals surface area contributed by atoms with Gasteiger partial charge < -0.3 is 15.1 Å². The first-order valence-electron chi connectivity index (χ1n) is 9.23. The monoisotopic (exact) mass is 369 g/mol. The van der Waals surface area contributed by atoms with E-state index in [4.69, 9.17) is 0 Å². The number of hydrogen-bond acceptors (Lipinski definition) is 3. The minimum atomic E-state index is -0.455. The normalized spacial score (nSPS) is 16.5. The van der Waals surface area contributed by atoms with Crippen molar-refractivity contribution in [2.24, 2.45) is 5.92 Å². The highest BCUT2D eigenvalue weighted by molar-refractivity contribution is 6.03. The summed E-state index contributed by atoms with van der Waals surface area (Å²) in [7, 11) is 0. The van der Waals surface area contributed by atoms with Crippen LogP contribution in [0.15, 0.2) is 48.5 Å². The largest absolute Gasteiger partial charge is 0.372 e. The van der Waals surface area contributed by atoms with Gasteiger partial charge >= 0.3 is 0 Å². The maximum Gasteiger partial charge on any atom is 0.229 e. The fourth-order valence-electron chi connectivity index (χ4n) is 3.37. The van der Waals surface area contributed by atoms with Crippen LogP contribution in [0.1, 0.15) is 20.3 Å². The lowest BCUT2D eigenvalue weighted by Crippen LogP contribution is -2.28. The minimum absolute atomic E-state index is 0.125. The molecule has 1 unspecified atom stereocenters. The third kappa shape index (κ3) is 4.27. The lowest BCUT2D eigenvalue weighted by atomic mass is 10.1. The van der Waals surface area contributed by atoms with Gasteiger partial charge in [-0.05, 0) is 56.3 Å². The second kappa shape index (κ2) is 8.20. The zero-order chi connectivity index (χ0) is 19.4. The number of benzene rings is 2. The summed E-state index contributed by atoms with van der Waals surface area (Å²) in [5, 5.41) is 2.88. The highest BCUT2D eigenvalue weighted by Crippen LogP contribution is 2.27. The first kappa shape index (κ1) is 18.9. The van der Waals surface area contributed by atoms with Crippen LogP contribution in [0.3, 0.4) is 0 Å². The molecular weight excluding hydrogens is 345 g/mol. The van der Waals surface area contributed by atoms with Crippen molar-refractivity contribution in [1.29, 1.82) is 0 Å². The Bertz CT molecular complexity index is 818. The Morgan fingerprint density at radius 3 is 2.52 bits per heavy atom. The van der Waals surface area contributed by atoms with E-state index in [9.17, 15) is 14.0 Å². The SMILES string of the molecule is CCN(CC)c1ccc(NC(=O)C2CC(=O)N(c3cccc(F)c3)C2)cc1. The zero-order valence-corrected chi connectivity index (χ0v) is 15.6. The van der Waals surface area contributed by atoms with E-state index in [0.29, 0.717) is 11.4 Å². The quantitative estimate of drug-likeness (QED) is 0.845. The van der Waals surface area contributed by atoms with Crippen molar-refractivity contribution in [3.05, 3.63) is 54.3 Å². The molecule has 2 aromatic rings. The topological polar surface area (TPSA) is 52.7 Å². The smallest absolute Gasteiger partial charge is 0.229 e. The summed E-state index contributed by atoms with van der Waals surface area (Å²) < 4.78 is 13.4. The molecule has 0 radical (unpaired) electrons. The van der Waals surface area contributed by atoms with Gasteiger partial charge in [-0.3, -0.25) is 9.59 Å². The molecule has 5 nitrogen and oxygen atoms in total. The summed E-state index contributed by atoms with van der Waals surface area (Å²) in [5.41, 5.74) is 2.29. The lowest BCUT2D eigenvalue weighted by molar-refractivity contribution is -0.122. The summed E-state index contributed by atoms with van der Waals surface area (Å²) in [4.78, 5) is 28.5. The van der Waals surface area contributed by atoms with Gasteiger partial charge in [0, 0.05) is 43.1 Å². The average Bonchev–Trinajstić information content (AvgIpc) is 3.06. The maximum atomic E-state index is 13.4. The summed E-state index contributed by atoms with van der Waals surface area (Å²) >= 11 is 0. The molecule has 6 heteroatoms. The van der Waals surface area contributed by atoms with Crippen LogP contribution in [0.2, 0.25) is 0 Å². The number of carbonyl (C=O) groups excluding carboxylic acids is 2. The van der Waals surface area contributed by atoms with Gasteiger partial charge in [-0.15, -0.1) is 0 Å². The van der Waals surface area contributed by atoms with Crippen LogP contribution in [0, 0.1) is 11.7 Å². The number of halogens is 1. The van der Waals surface area contributed by atoms with Gasteiger partial charge in [0.05, 0.1) is 5.92 Å². The van der Waals surface area contributed by atoms with Crippen LogP contribution < -0.4 is 15.1 Å². The number of anilines is 3. The highest BCUT2D eigenvalue weighted by atomic mass is 19.1. The van der Waals surface area contributed by atoms with Crippen LogP contribution in [0.5, 0.6) is 0 Å². The minimum Gasteiger partial charge on any atom is -0.372 e. The van der Waals surface area contributed by atoms with Gasteiger partial charge in [0.15, 0.2) is 0 Å². The Morgan fingerprint density at radius 1 is 1.19 bits per heavy atom. The number of amides is 2. The van der Waals surface area contributed by atoms with E-state index >= 15 is 0 Å². The third-order valence-electron chi connectivity index (χ3n) is 4.88. The molecule has 0 saturated carbocycles. The molecule has 27 heavy (non-hydrogen) atoms. The van der Waals surface area contributed by atoms with Crippen molar-refractivity contribution in [3.8, 4) is 0 Å². The second-order valence-corrected chi connectivity index (χ2v) is 6.59. The van der Waals surface area contributed by atoms with Crippen molar-refractivity contribution in [3.63, 3.8) is 0 Å². The molecule has 1 N–H and O–H groups in total. The summed E-state index contributed by atoms with van der Waals surface area (Å²) in [6, 6.07) is 13.6. The molecule has 2 aromatic carbocycles. The van der Waals surface area contributed by atoms with Crippen LogP contribution in [-0.2, 0) is 9.59 Å². The molecule has 1 aliphatic heterocycles. The fraction of sp³-hybridized carbons (Fsp3) is 0.333. The van der Waals surface area contributed by atoms with E-state index in [0.717, 1.165) is 18.8 Å². The Hall–Kier alpha value is -2.89. The molecule has 0 bridgehead atoms. The van der Waals surface area contributed by atoms with Gasteiger partial charge in [0.1, 0.15) is 5.82 Å². The summed E-state index contributed by atoms with van der Waals surface area (Å²) in [6.45, 7) is 6.29. The number of rotatable bonds is 6. The molecule has 142 valence electrons. The van der Waals surface area contributed by atoms with Gasteiger partial charge in [0.2, 0.25) is 11.8 Å². The Balaban J connectivity index is 1.64. The van der Waals surface area contributed by atoms with Crippen molar-refractivity contribution >= 4 is 28.9 Å². The Morgan fingerprint density at radius 2 is 1.89 bits per heavy atom. The van der Waals surface area contributed by atoms with Crippen LogP contribution >= 0.6 is 0 Å². The van der Waals surface area contributed by atoms with E-state index in [2.05, 4.69) is 24.1 Å². The van der Waals surface area contributed by atoms with E-state index in [1.807, 2.05) is 24.3 Å². The molecule has 1 aliphatic rings.